The predicted molar refractivity (Wildman–Crippen MR) is 81.2 cm³/mol. The lowest BCUT2D eigenvalue weighted by Gasteiger charge is -2.30. The average Bonchev–Trinajstić information content (AvgIpc) is 3.00. The maximum atomic E-state index is 6.22. The van der Waals surface area contributed by atoms with Crippen LogP contribution in [0.2, 0.25) is 5.02 Å². The van der Waals surface area contributed by atoms with Crippen LogP contribution in [0.3, 0.4) is 0 Å². The summed E-state index contributed by atoms with van der Waals surface area (Å²) in [5, 5.41) is 0.372. The molecule has 1 aliphatic heterocycles. The number of anilines is 2. The van der Waals surface area contributed by atoms with Crippen molar-refractivity contribution in [2.75, 3.05) is 24.3 Å². The van der Waals surface area contributed by atoms with E-state index in [1.54, 1.807) is 6.20 Å². The quantitative estimate of drug-likeness (QED) is 0.935. The van der Waals surface area contributed by atoms with E-state index in [9.17, 15) is 0 Å². The molecule has 0 bridgehead atoms. The van der Waals surface area contributed by atoms with E-state index >= 15 is 0 Å². The molecule has 2 N–H and O–H groups in total. The lowest BCUT2D eigenvalue weighted by Crippen LogP contribution is -2.35. The summed E-state index contributed by atoms with van der Waals surface area (Å²) in [7, 11) is 1.94. The second-order valence-electron chi connectivity index (χ2n) is 4.94. The molecule has 0 aromatic carbocycles. The highest BCUT2D eigenvalue weighted by molar-refractivity contribution is 6.35. The smallest absolute Gasteiger partial charge is 0.153 e. The van der Waals surface area contributed by atoms with Crippen LogP contribution in [0.5, 0.6) is 0 Å². The van der Waals surface area contributed by atoms with Crippen LogP contribution in [0, 0.1) is 0 Å². The Balaban J connectivity index is 1.90. The van der Waals surface area contributed by atoms with Crippen molar-refractivity contribution in [3.05, 3.63) is 41.4 Å². The lowest BCUT2D eigenvalue weighted by molar-refractivity contribution is 0.104. The van der Waals surface area contributed by atoms with Crippen LogP contribution < -0.4 is 10.6 Å². The maximum Gasteiger partial charge on any atom is 0.153 e. The van der Waals surface area contributed by atoms with Gasteiger partial charge in [0.1, 0.15) is 23.3 Å². The number of aromatic nitrogens is 3. The van der Waals surface area contributed by atoms with Gasteiger partial charge in [-0.2, -0.15) is 0 Å². The van der Waals surface area contributed by atoms with Gasteiger partial charge >= 0.3 is 0 Å². The summed E-state index contributed by atoms with van der Waals surface area (Å²) in [5.41, 5.74) is 6.80. The molecule has 0 aliphatic carbocycles. The standard InChI is InChI=1S/C14H16ClN5O/c1-20(14-11(15)13(16)18-8-19-14)10-4-6-21-12(10)9-3-2-5-17-7-9/h2-3,5,7-8,10,12H,4,6H2,1H3,(H2,16,18,19)/t10-,12+/m0/s1. The molecule has 0 saturated carbocycles. The molecule has 0 amide bonds. The Morgan fingerprint density at radius 3 is 3.05 bits per heavy atom. The predicted octanol–water partition coefficient (Wildman–Crippen LogP) is 2.07. The molecule has 110 valence electrons. The summed E-state index contributed by atoms with van der Waals surface area (Å²) in [6.45, 7) is 0.687. The van der Waals surface area contributed by atoms with E-state index in [1.165, 1.54) is 6.33 Å². The fourth-order valence-corrected chi connectivity index (χ4v) is 2.85. The summed E-state index contributed by atoms with van der Waals surface area (Å²) < 4.78 is 5.86. The normalized spacial score (nSPS) is 21.4. The van der Waals surface area contributed by atoms with Crippen molar-refractivity contribution in [2.24, 2.45) is 0 Å². The fourth-order valence-electron chi connectivity index (χ4n) is 2.61. The van der Waals surface area contributed by atoms with E-state index < -0.39 is 0 Å². The van der Waals surface area contributed by atoms with Gasteiger partial charge in [-0.05, 0) is 12.5 Å². The number of nitrogens with two attached hydrogens (primary N) is 1. The minimum Gasteiger partial charge on any atom is -0.382 e. The number of likely N-dealkylation sites (N-methyl/N-ethyl adjacent to an activating group) is 1. The second-order valence-corrected chi connectivity index (χ2v) is 5.32. The SMILES string of the molecule is CN(c1ncnc(N)c1Cl)[C@H]1CCO[C@@H]1c1cccnc1. The number of pyridine rings is 1. The van der Waals surface area contributed by atoms with Crippen LogP contribution in [-0.2, 0) is 4.74 Å². The third kappa shape index (κ3) is 2.64. The second kappa shape index (κ2) is 5.83. The van der Waals surface area contributed by atoms with Crippen molar-refractivity contribution >= 4 is 23.2 Å². The van der Waals surface area contributed by atoms with Crippen LogP contribution in [0.25, 0.3) is 0 Å². The average molecular weight is 306 g/mol. The first-order valence-electron chi connectivity index (χ1n) is 6.69. The van der Waals surface area contributed by atoms with Gasteiger partial charge < -0.3 is 15.4 Å². The molecule has 0 spiro atoms. The zero-order chi connectivity index (χ0) is 14.8. The van der Waals surface area contributed by atoms with E-state index in [-0.39, 0.29) is 18.0 Å². The van der Waals surface area contributed by atoms with Gasteiger partial charge in [-0.25, -0.2) is 9.97 Å². The molecule has 1 aliphatic rings. The van der Waals surface area contributed by atoms with Gasteiger partial charge in [-0.1, -0.05) is 17.7 Å². The highest BCUT2D eigenvalue weighted by Gasteiger charge is 2.34. The van der Waals surface area contributed by atoms with Gasteiger partial charge in [-0.15, -0.1) is 0 Å². The molecular weight excluding hydrogens is 290 g/mol. The van der Waals surface area contributed by atoms with Crippen molar-refractivity contribution in [1.29, 1.82) is 0 Å². The van der Waals surface area contributed by atoms with E-state index in [2.05, 4.69) is 15.0 Å². The van der Waals surface area contributed by atoms with Gasteiger partial charge in [0, 0.05) is 31.6 Å². The first-order valence-corrected chi connectivity index (χ1v) is 7.06. The molecule has 2 aromatic heterocycles. The number of nitrogen functional groups attached to an aromatic ring is 1. The van der Waals surface area contributed by atoms with Gasteiger partial charge in [0.15, 0.2) is 5.82 Å². The number of rotatable bonds is 3. The Bertz CT molecular complexity index is 624. The summed E-state index contributed by atoms with van der Waals surface area (Å²) in [5.74, 6) is 0.902. The Hall–Kier alpha value is -1.92. The Kier molecular flexibility index (Phi) is 3.90. The molecule has 2 atom stereocenters. The topological polar surface area (TPSA) is 77.2 Å². The van der Waals surface area contributed by atoms with Gasteiger partial charge in [-0.3, -0.25) is 4.98 Å². The van der Waals surface area contributed by atoms with Gasteiger partial charge in [0.05, 0.1) is 6.04 Å². The third-order valence-corrected chi connectivity index (χ3v) is 4.07. The molecule has 0 radical (unpaired) electrons. The number of hydrogen-bond acceptors (Lipinski definition) is 6. The minimum absolute atomic E-state index is 0.0593. The van der Waals surface area contributed by atoms with Crippen molar-refractivity contribution in [1.82, 2.24) is 15.0 Å². The molecule has 0 unspecified atom stereocenters. The zero-order valence-corrected chi connectivity index (χ0v) is 12.4. The largest absolute Gasteiger partial charge is 0.382 e. The number of nitrogens with zero attached hydrogens (tertiary/aromatic N) is 4. The van der Waals surface area contributed by atoms with E-state index in [1.807, 2.05) is 30.3 Å². The number of hydrogen-bond donors (Lipinski definition) is 1. The third-order valence-electron chi connectivity index (χ3n) is 3.70. The summed E-state index contributed by atoms with van der Waals surface area (Å²) in [6.07, 6.45) is 5.82. The highest BCUT2D eigenvalue weighted by Crippen LogP contribution is 2.36. The van der Waals surface area contributed by atoms with Crippen LogP contribution in [-0.4, -0.2) is 34.6 Å². The highest BCUT2D eigenvalue weighted by atomic mass is 35.5. The van der Waals surface area contributed by atoms with Crippen LogP contribution >= 0.6 is 11.6 Å². The molecule has 1 fully saturated rings. The number of halogens is 1. The van der Waals surface area contributed by atoms with Crippen molar-refractivity contribution < 1.29 is 4.74 Å². The van der Waals surface area contributed by atoms with Crippen molar-refractivity contribution in [2.45, 2.75) is 18.6 Å². The summed E-state index contributed by atoms with van der Waals surface area (Å²) in [6, 6.07) is 4.05. The lowest BCUT2D eigenvalue weighted by atomic mass is 10.0. The van der Waals surface area contributed by atoms with Crippen LogP contribution in [0.1, 0.15) is 18.1 Å². The summed E-state index contributed by atoms with van der Waals surface area (Å²) >= 11 is 6.22. The molecular formula is C14H16ClN5O. The Labute approximate surface area is 127 Å². The molecule has 3 rings (SSSR count). The van der Waals surface area contributed by atoms with Crippen LogP contribution in [0.4, 0.5) is 11.6 Å². The van der Waals surface area contributed by atoms with E-state index in [4.69, 9.17) is 22.1 Å². The summed E-state index contributed by atoms with van der Waals surface area (Å²) in [4.78, 5) is 14.3. The zero-order valence-electron chi connectivity index (χ0n) is 11.6. The van der Waals surface area contributed by atoms with E-state index in [0.717, 1.165) is 12.0 Å². The first kappa shape index (κ1) is 14.0. The molecule has 3 heterocycles. The Morgan fingerprint density at radius 2 is 2.29 bits per heavy atom. The molecule has 6 nitrogen and oxygen atoms in total. The van der Waals surface area contributed by atoms with Gasteiger partial charge in [0.2, 0.25) is 0 Å². The van der Waals surface area contributed by atoms with E-state index in [0.29, 0.717) is 17.4 Å². The molecule has 7 heteroatoms. The number of ether oxygens (including phenoxy) is 1. The monoisotopic (exact) mass is 305 g/mol. The Morgan fingerprint density at radius 1 is 1.43 bits per heavy atom. The fraction of sp³-hybridized carbons (Fsp3) is 0.357. The molecule has 1 saturated heterocycles. The molecule has 2 aromatic rings. The van der Waals surface area contributed by atoms with Crippen molar-refractivity contribution in [3.8, 4) is 0 Å². The first-order chi connectivity index (χ1) is 10.2. The molecule has 21 heavy (non-hydrogen) atoms. The van der Waals surface area contributed by atoms with Crippen molar-refractivity contribution in [3.63, 3.8) is 0 Å². The minimum atomic E-state index is -0.0593. The maximum absolute atomic E-state index is 6.22. The van der Waals surface area contributed by atoms with Crippen LogP contribution in [0.15, 0.2) is 30.9 Å². The van der Waals surface area contributed by atoms with Gasteiger partial charge in [0.25, 0.3) is 0 Å².